The first kappa shape index (κ1) is 20.2. The molecule has 1 amide bonds. The Hall–Kier alpha value is -1.57. The normalized spacial score (nSPS) is 17.4. The van der Waals surface area contributed by atoms with Gasteiger partial charge in [0.2, 0.25) is 5.91 Å². The molecule has 0 bridgehead atoms. The molecule has 6 nitrogen and oxygen atoms in total. The Morgan fingerprint density at radius 3 is 3.00 bits per heavy atom. The molecule has 27 heavy (non-hydrogen) atoms. The van der Waals surface area contributed by atoms with Crippen LogP contribution in [0.1, 0.15) is 19.8 Å². The van der Waals surface area contributed by atoms with Crippen LogP contribution < -0.4 is 5.56 Å². The zero-order valence-electron chi connectivity index (χ0n) is 15.6. The number of methoxy groups -OCH3 is 1. The van der Waals surface area contributed by atoms with E-state index < -0.39 is 0 Å². The number of benzene rings is 1. The maximum atomic E-state index is 12.9. The first-order chi connectivity index (χ1) is 13.0. The largest absolute Gasteiger partial charge is 0.383 e. The Kier molecular flexibility index (Phi) is 6.78. The number of piperidine rings is 1. The van der Waals surface area contributed by atoms with Crippen molar-refractivity contribution < 1.29 is 9.53 Å². The summed E-state index contributed by atoms with van der Waals surface area (Å²) in [5.74, 6) is 0.886. The van der Waals surface area contributed by atoms with Crippen LogP contribution in [0.25, 0.3) is 10.9 Å². The molecule has 8 heteroatoms. The SMILES string of the molecule is COCCn1c(SCC(=O)N2CCCC(C)C2)nc2cc(Cl)ccc2c1=O. The zero-order chi connectivity index (χ0) is 19.4. The molecule has 3 rings (SSSR count). The number of hydrogen-bond acceptors (Lipinski definition) is 5. The van der Waals surface area contributed by atoms with E-state index in [9.17, 15) is 9.59 Å². The number of halogens is 1. The molecule has 0 aliphatic carbocycles. The van der Waals surface area contributed by atoms with Crippen molar-refractivity contribution in [2.75, 3.05) is 32.6 Å². The number of aromatic nitrogens is 2. The third-order valence-corrected chi connectivity index (χ3v) is 5.93. The molecular weight excluding hydrogens is 386 g/mol. The second-order valence-corrected chi connectivity index (χ2v) is 8.26. The van der Waals surface area contributed by atoms with Gasteiger partial charge in [-0.15, -0.1) is 0 Å². The van der Waals surface area contributed by atoms with Crippen molar-refractivity contribution in [3.63, 3.8) is 0 Å². The Balaban J connectivity index is 1.85. The van der Waals surface area contributed by atoms with Gasteiger partial charge in [-0.25, -0.2) is 4.98 Å². The number of hydrogen-bond donors (Lipinski definition) is 0. The summed E-state index contributed by atoms with van der Waals surface area (Å²) in [6, 6.07) is 5.05. The van der Waals surface area contributed by atoms with Crippen molar-refractivity contribution in [3.8, 4) is 0 Å². The molecule has 0 radical (unpaired) electrons. The minimum absolute atomic E-state index is 0.0882. The summed E-state index contributed by atoms with van der Waals surface area (Å²) < 4.78 is 6.71. The second kappa shape index (κ2) is 9.08. The van der Waals surface area contributed by atoms with Crippen molar-refractivity contribution >= 4 is 40.2 Å². The summed E-state index contributed by atoms with van der Waals surface area (Å²) in [4.78, 5) is 32.0. The van der Waals surface area contributed by atoms with Crippen molar-refractivity contribution in [1.29, 1.82) is 0 Å². The Morgan fingerprint density at radius 1 is 1.44 bits per heavy atom. The number of carbonyl (C=O) groups is 1. The molecule has 146 valence electrons. The predicted molar refractivity (Wildman–Crippen MR) is 109 cm³/mol. The van der Waals surface area contributed by atoms with E-state index in [1.54, 1.807) is 29.9 Å². The highest BCUT2D eigenvalue weighted by Gasteiger charge is 2.22. The molecule has 0 saturated carbocycles. The Labute approximate surface area is 167 Å². The van der Waals surface area contributed by atoms with E-state index in [0.29, 0.717) is 40.2 Å². The predicted octanol–water partition coefficient (Wildman–Crippen LogP) is 3.05. The van der Waals surface area contributed by atoms with Crippen LogP contribution in [-0.2, 0) is 16.1 Å². The topological polar surface area (TPSA) is 64.4 Å². The maximum absolute atomic E-state index is 12.9. The van der Waals surface area contributed by atoms with Crippen LogP contribution in [0, 0.1) is 5.92 Å². The highest BCUT2D eigenvalue weighted by Crippen LogP contribution is 2.22. The van der Waals surface area contributed by atoms with Crippen molar-refractivity contribution in [1.82, 2.24) is 14.5 Å². The molecular formula is C19H24ClN3O3S. The van der Waals surface area contributed by atoms with Crippen LogP contribution in [0.3, 0.4) is 0 Å². The lowest BCUT2D eigenvalue weighted by Gasteiger charge is -2.30. The number of ether oxygens (including phenoxy) is 1. The van der Waals surface area contributed by atoms with Crippen molar-refractivity contribution in [2.24, 2.45) is 5.92 Å². The lowest BCUT2D eigenvalue weighted by molar-refractivity contribution is -0.130. The van der Waals surface area contributed by atoms with Crippen LogP contribution in [0.15, 0.2) is 28.2 Å². The summed E-state index contributed by atoms with van der Waals surface area (Å²) in [5, 5.41) is 1.56. The lowest BCUT2D eigenvalue weighted by atomic mass is 10.0. The lowest BCUT2D eigenvalue weighted by Crippen LogP contribution is -2.40. The summed E-state index contributed by atoms with van der Waals surface area (Å²) in [6.45, 7) is 4.56. The fraction of sp³-hybridized carbons (Fsp3) is 0.526. The number of fused-ring (bicyclic) bond motifs is 1. The molecule has 1 unspecified atom stereocenters. The average molecular weight is 410 g/mol. The maximum Gasteiger partial charge on any atom is 0.262 e. The van der Waals surface area contributed by atoms with E-state index in [0.717, 1.165) is 19.5 Å². The zero-order valence-corrected chi connectivity index (χ0v) is 17.2. The van der Waals surface area contributed by atoms with Crippen molar-refractivity contribution in [3.05, 3.63) is 33.6 Å². The molecule has 1 aliphatic rings. The first-order valence-electron chi connectivity index (χ1n) is 9.09. The van der Waals surface area contributed by atoms with E-state index in [4.69, 9.17) is 16.3 Å². The van der Waals surface area contributed by atoms with Crippen LogP contribution in [-0.4, -0.2) is 52.9 Å². The standard InChI is InChI=1S/C19H24ClN3O3S/c1-13-4-3-7-22(11-13)17(24)12-27-19-21-16-10-14(20)5-6-15(16)18(25)23(19)8-9-26-2/h5-6,10,13H,3-4,7-9,11-12H2,1-2H3. The molecule has 1 aromatic heterocycles. The summed E-state index contributed by atoms with van der Waals surface area (Å²) in [7, 11) is 1.59. The van der Waals surface area contributed by atoms with E-state index in [1.807, 2.05) is 4.90 Å². The molecule has 0 N–H and O–H groups in total. The smallest absolute Gasteiger partial charge is 0.262 e. The summed E-state index contributed by atoms with van der Waals surface area (Å²) >= 11 is 7.35. The van der Waals surface area contributed by atoms with Gasteiger partial charge >= 0.3 is 0 Å². The summed E-state index contributed by atoms with van der Waals surface area (Å²) in [5.41, 5.74) is 0.401. The van der Waals surface area contributed by atoms with Crippen LogP contribution in [0.2, 0.25) is 5.02 Å². The molecule has 0 spiro atoms. The highest BCUT2D eigenvalue weighted by atomic mass is 35.5. The quantitative estimate of drug-likeness (QED) is 0.542. The second-order valence-electron chi connectivity index (χ2n) is 6.88. The fourth-order valence-electron chi connectivity index (χ4n) is 3.30. The summed E-state index contributed by atoms with van der Waals surface area (Å²) in [6.07, 6.45) is 2.21. The highest BCUT2D eigenvalue weighted by molar-refractivity contribution is 7.99. The van der Waals surface area contributed by atoms with Crippen LogP contribution >= 0.6 is 23.4 Å². The number of likely N-dealkylation sites (tertiary alicyclic amines) is 1. The van der Waals surface area contributed by atoms with Gasteiger partial charge in [0.1, 0.15) is 0 Å². The minimum atomic E-state index is -0.143. The van der Waals surface area contributed by atoms with Gasteiger partial charge in [0, 0.05) is 25.2 Å². The third-order valence-electron chi connectivity index (χ3n) is 4.74. The number of thioether (sulfide) groups is 1. The molecule has 1 aromatic carbocycles. The van der Waals surface area contributed by atoms with Gasteiger partial charge < -0.3 is 9.64 Å². The Bertz CT molecular complexity index is 886. The first-order valence-corrected chi connectivity index (χ1v) is 10.5. The minimum Gasteiger partial charge on any atom is -0.383 e. The average Bonchev–Trinajstić information content (AvgIpc) is 2.65. The van der Waals surface area contributed by atoms with Gasteiger partial charge in [-0.2, -0.15) is 0 Å². The molecule has 1 saturated heterocycles. The molecule has 1 aliphatic heterocycles. The van der Waals surface area contributed by atoms with Crippen LogP contribution in [0.5, 0.6) is 0 Å². The number of amides is 1. The van der Waals surface area contributed by atoms with E-state index >= 15 is 0 Å². The van der Waals surface area contributed by atoms with Gasteiger partial charge in [-0.3, -0.25) is 14.2 Å². The van der Waals surface area contributed by atoms with E-state index in [2.05, 4.69) is 11.9 Å². The van der Waals surface area contributed by atoms with Gasteiger partial charge in [0.05, 0.1) is 29.8 Å². The fourth-order valence-corrected chi connectivity index (χ4v) is 4.39. The Morgan fingerprint density at radius 2 is 2.26 bits per heavy atom. The van der Waals surface area contributed by atoms with Gasteiger partial charge in [0.25, 0.3) is 5.56 Å². The van der Waals surface area contributed by atoms with Gasteiger partial charge in [-0.05, 0) is 37.0 Å². The van der Waals surface area contributed by atoms with Crippen molar-refractivity contribution in [2.45, 2.75) is 31.5 Å². The molecule has 1 fully saturated rings. The number of nitrogens with zero attached hydrogens (tertiary/aromatic N) is 3. The molecule has 1 atom stereocenters. The number of carbonyl (C=O) groups excluding carboxylic acids is 1. The molecule has 2 aromatic rings. The molecule has 2 heterocycles. The van der Waals surface area contributed by atoms with Gasteiger partial charge in [0.15, 0.2) is 5.16 Å². The monoisotopic (exact) mass is 409 g/mol. The number of rotatable bonds is 6. The van der Waals surface area contributed by atoms with Gasteiger partial charge in [-0.1, -0.05) is 30.3 Å². The third kappa shape index (κ3) is 4.83. The van der Waals surface area contributed by atoms with E-state index in [1.165, 1.54) is 18.2 Å². The van der Waals surface area contributed by atoms with Crippen LogP contribution in [0.4, 0.5) is 0 Å². The van der Waals surface area contributed by atoms with E-state index in [-0.39, 0.29) is 17.2 Å².